The average molecular weight is 395 g/mol. The van der Waals surface area contributed by atoms with Gasteiger partial charge in [-0.25, -0.2) is 0 Å². The van der Waals surface area contributed by atoms with Crippen LogP contribution in [0.25, 0.3) is 0 Å². The van der Waals surface area contributed by atoms with E-state index in [-0.39, 0.29) is 24.4 Å². The molecule has 1 aliphatic carbocycles. The topological polar surface area (TPSA) is 87.0 Å². The number of fused-ring (bicyclic) bond motifs is 1. The van der Waals surface area contributed by atoms with E-state index in [1.807, 2.05) is 12.2 Å². The minimum Gasteiger partial charge on any atom is -0.481 e. The molecule has 5 heteroatoms. The summed E-state index contributed by atoms with van der Waals surface area (Å²) in [5, 5.41) is 29.5. The summed E-state index contributed by atoms with van der Waals surface area (Å²) in [5.41, 5.74) is 1.31. The Hall–Kier alpha value is -1.17. The van der Waals surface area contributed by atoms with Crippen LogP contribution < -0.4 is 0 Å². The molecule has 160 valence electrons. The van der Waals surface area contributed by atoms with Gasteiger partial charge in [-0.3, -0.25) is 4.79 Å². The van der Waals surface area contributed by atoms with Crippen LogP contribution in [0.4, 0.5) is 0 Å². The van der Waals surface area contributed by atoms with Gasteiger partial charge < -0.3 is 20.1 Å². The normalized spacial score (nSPS) is 31.4. The molecule has 0 aromatic heterocycles. The van der Waals surface area contributed by atoms with Gasteiger partial charge in [0, 0.05) is 25.4 Å². The number of unbranched alkanes of at least 4 members (excludes halogenated alkanes) is 1. The summed E-state index contributed by atoms with van der Waals surface area (Å²) in [5.74, 6) is -0.00432. The van der Waals surface area contributed by atoms with Crippen LogP contribution in [-0.2, 0) is 9.53 Å². The van der Waals surface area contributed by atoms with Gasteiger partial charge in [-0.05, 0) is 70.6 Å². The molecule has 0 amide bonds. The highest BCUT2D eigenvalue weighted by Crippen LogP contribution is 2.42. The molecule has 1 heterocycles. The number of rotatable bonds is 10. The Bertz CT molecular complexity index is 537. The van der Waals surface area contributed by atoms with Gasteiger partial charge in [-0.2, -0.15) is 0 Å². The van der Waals surface area contributed by atoms with Crippen molar-refractivity contribution < 1.29 is 24.9 Å². The number of allylic oxidation sites excluding steroid dienone is 2. The van der Waals surface area contributed by atoms with Crippen molar-refractivity contribution in [1.82, 2.24) is 0 Å². The van der Waals surface area contributed by atoms with Crippen molar-refractivity contribution in [3.63, 3.8) is 0 Å². The zero-order chi connectivity index (χ0) is 20.5. The Morgan fingerprint density at radius 3 is 2.75 bits per heavy atom. The third-order valence-corrected chi connectivity index (χ3v) is 6.16. The molecule has 0 radical (unpaired) electrons. The van der Waals surface area contributed by atoms with Gasteiger partial charge >= 0.3 is 5.97 Å². The molecule has 0 bridgehead atoms. The molecule has 2 rings (SSSR count). The largest absolute Gasteiger partial charge is 0.481 e. The van der Waals surface area contributed by atoms with E-state index in [0.717, 1.165) is 38.5 Å². The van der Waals surface area contributed by atoms with Crippen LogP contribution in [0.1, 0.15) is 71.6 Å². The Morgan fingerprint density at radius 1 is 1.25 bits per heavy atom. The van der Waals surface area contributed by atoms with Crippen LogP contribution in [0, 0.1) is 17.8 Å². The third-order valence-electron chi connectivity index (χ3n) is 6.16. The van der Waals surface area contributed by atoms with Gasteiger partial charge in [-0.15, -0.1) is 0 Å². The van der Waals surface area contributed by atoms with Gasteiger partial charge in [0.2, 0.25) is 0 Å². The highest BCUT2D eigenvalue weighted by molar-refractivity contribution is 5.66. The first-order chi connectivity index (χ1) is 13.4. The van der Waals surface area contributed by atoms with Crippen molar-refractivity contribution in [2.75, 3.05) is 6.61 Å². The molecule has 6 atom stereocenters. The monoisotopic (exact) mass is 394 g/mol. The predicted octanol–water partition coefficient (Wildman–Crippen LogP) is 4.09. The molecule has 3 N–H and O–H groups in total. The van der Waals surface area contributed by atoms with Crippen molar-refractivity contribution in [1.29, 1.82) is 0 Å². The van der Waals surface area contributed by atoms with E-state index in [2.05, 4.69) is 19.9 Å². The van der Waals surface area contributed by atoms with Gasteiger partial charge in [0.25, 0.3) is 0 Å². The maximum absolute atomic E-state index is 10.7. The zero-order valence-electron chi connectivity index (χ0n) is 17.4. The van der Waals surface area contributed by atoms with Crippen LogP contribution in [0.2, 0.25) is 0 Å². The van der Waals surface area contributed by atoms with E-state index in [1.54, 1.807) is 0 Å². The Morgan fingerprint density at radius 2 is 2.04 bits per heavy atom. The van der Waals surface area contributed by atoms with Crippen LogP contribution in [0.3, 0.4) is 0 Å². The number of hydrogen-bond donors (Lipinski definition) is 3. The van der Waals surface area contributed by atoms with E-state index in [1.165, 1.54) is 5.57 Å². The highest BCUT2D eigenvalue weighted by Gasteiger charge is 2.43. The second kappa shape index (κ2) is 11.7. The summed E-state index contributed by atoms with van der Waals surface area (Å²) in [6.07, 6.45) is 12.4. The predicted molar refractivity (Wildman–Crippen MR) is 110 cm³/mol. The second-order valence-electron chi connectivity index (χ2n) is 8.81. The molecule has 2 fully saturated rings. The lowest BCUT2D eigenvalue weighted by Crippen LogP contribution is -2.21. The minimum atomic E-state index is -0.737. The van der Waals surface area contributed by atoms with Crippen LogP contribution in [0.15, 0.2) is 23.8 Å². The van der Waals surface area contributed by atoms with Crippen LogP contribution in [0.5, 0.6) is 0 Å². The molecule has 0 spiro atoms. The summed E-state index contributed by atoms with van der Waals surface area (Å²) < 4.78 is 6.10. The fourth-order valence-electron chi connectivity index (χ4n) is 4.56. The van der Waals surface area contributed by atoms with Crippen molar-refractivity contribution in [2.24, 2.45) is 17.8 Å². The molecular formula is C23H38O5. The zero-order valence-corrected chi connectivity index (χ0v) is 17.4. The SMILES string of the molecule is CC(C)=CCCCC(O)/C=C/[C@@H]1[C@H]2CC[C@H](CCCC(=O)O)CO[C@H]2C[C@H]1O. The van der Waals surface area contributed by atoms with Crippen molar-refractivity contribution in [3.8, 4) is 0 Å². The summed E-state index contributed by atoms with van der Waals surface area (Å²) in [4.78, 5) is 10.7. The number of carboxylic acid groups (broad SMARTS) is 1. The fraction of sp³-hybridized carbons (Fsp3) is 0.783. The number of hydrogen-bond acceptors (Lipinski definition) is 4. The first kappa shape index (κ1) is 23.1. The first-order valence-electron chi connectivity index (χ1n) is 10.9. The van der Waals surface area contributed by atoms with Crippen molar-refractivity contribution >= 4 is 5.97 Å². The molecular weight excluding hydrogens is 356 g/mol. The van der Waals surface area contributed by atoms with E-state index in [9.17, 15) is 15.0 Å². The van der Waals surface area contributed by atoms with Crippen LogP contribution >= 0.6 is 0 Å². The number of carbonyl (C=O) groups is 1. The lowest BCUT2D eigenvalue weighted by molar-refractivity contribution is -0.137. The molecule has 1 unspecified atom stereocenters. The molecule has 1 saturated carbocycles. The molecule has 5 nitrogen and oxygen atoms in total. The summed E-state index contributed by atoms with van der Waals surface area (Å²) in [6.45, 7) is 4.83. The van der Waals surface area contributed by atoms with Gasteiger partial charge in [0.05, 0.1) is 18.3 Å². The van der Waals surface area contributed by atoms with Crippen molar-refractivity contribution in [2.45, 2.75) is 89.9 Å². The van der Waals surface area contributed by atoms with E-state index < -0.39 is 18.2 Å². The van der Waals surface area contributed by atoms with E-state index >= 15 is 0 Å². The molecule has 0 aromatic carbocycles. The summed E-state index contributed by atoms with van der Waals surface area (Å²) in [7, 11) is 0. The average Bonchev–Trinajstić information content (AvgIpc) is 2.79. The second-order valence-corrected chi connectivity index (χ2v) is 8.81. The molecule has 1 aliphatic heterocycles. The highest BCUT2D eigenvalue weighted by atomic mass is 16.5. The van der Waals surface area contributed by atoms with Crippen molar-refractivity contribution in [3.05, 3.63) is 23.8 Å². The number of aliphatic hydroxyl groups is 2. The Labute approximate surface area is 169 Å². The number of carboxylic acids is 1. The smallest absolute Gasteiger partial charge is 0.303 e. The first-order valence-corrected chi connectivity index (χ1v) is 10.9. The van der Waals surface area contributed by atoms with Gasteiger partial charge in [0.15, 0.2) is 0 Å². The summed E-state index contributed by atoms with van der Waals surface area (Å²) >= 11 is 0. The maximum atomic E-state index is 10.7. The number of ether oxygens (including phenoxy) is 1. The number of aliphatic carboxylic acids is 1. The maximum Gasteiger partial charge on any atom is 0.303 e. The lowest BCUT2D eigenvalue weighted by Gasteiger charge is -2.21. The standard InChI is InChI=1S/C23H38O5/c1-16(2)6-3-4-8-18(24)11-13-19-20-12-10-17(7-5-9-23(26)27)15-28-22(20)14-21(19)25/h6,11,13,17-22,24-25H,3-5,7-10,12,14-15H2,1-2H3,(H,26,27)/b13-11+/t17-,18?,19+,20+,21+,22-/m0/s1. The Balaban J connectivity index is 1.81. The summed E-state index contributed by atoms with van der Waals surface area (Å²) in [6, 6.07) is 0. The quantitative estimate of drug-likeness (QED) is 0.384. The lowest BCUT2D eigenvalue weighted by atomic mass is 9.86. The van der Waals surface area contributed by atoms with E-state index in [0.29, 0.717) is 25.4 Å². The molecule has 2 aliphatic rings. The molecule has 28 heavy (non-hydrogen) atoms. The minimum absolute atomic E-state index is 0.0372. The molecule has 1 saturated heterocycles. The van der Waals surface area contributed by atoms with Gasteiger partial charge in [0.1, 0.15) is 0 Å². The van der Waals surface area contributed by atoms with Crippen LogP contribution in [-0.4, -0.2) is 46.2 Å². The molecule has 0 aromatic rings. The van der Waals surface area contributed by atoms with E-state index in [4.69, 9.17) is 9.84 Å². The number of aliphatic hydroxyl groups excluding tert-OH is 2. The third kappa shape index (κ3) is 7.69. The van der Waals surface area contributed by atoms with Gasteiger partial charge in [-0.1, -0.05) is 23.8 Å². The Kier molecular flexibility index (Phi) is 9.69. The fourth-order valence-corrected chi connectivity index (χ4v) is 4.56.